The van der Waals surface area contributed by atoms with E-state index in [0.717, 1.165) is 37.1 Å². The van der Waals surface area contributed by atoms with Crippen molar-refractivity contribution < 1.29 is 4.79 Å². The van der Waals surface area contributed by atoms with Crippen LogP contribution in [0.25, 0.3) is 10.2 Å². The highest BCUT2D eigenvalue weighted by Gasteiger charge is 2.31. The Hall–Kier alpha value is -1.73. The number of fused-ring (bicyclic) bond motifs is 2. The van der Waals surface area contributed by atoms with E-state index in [1.54, 1.807) is 4.57 Å². The molecule has 0 radical (unpaired) electrons. The van der Waals surface area contributed by atoms with Gasteiger partial charge in [0.1, 0.15) is 10.7 Å². The van der Waals surface area contributed by atoms with Gasteiger partial charge in [-0.25, -0.2) is 4.98 Å². The summed E-state index contributed by atoms with van der Waals surface area (Å²) in [6.45, 7) is 8.94. The van der Waals surface area contributed by atoms with Gasteiger partial charge < -0.3 is 11.1 Å². The second-order valence-corrected chi connectivity index (χ2v) is 8.76. The lowest BCUT2D eigenvalue weighted by atomic mass is 9.88. The van der Waals surface area contributed by atoms with Gasteiger partial charge >= 0.3 is 0 Å². The molecule has 0 spiro atoms. The van der Waals surface area contributed by atoms with E-state index < -0.39 is 5.54 Å². The molecule has 2 aromatic rings. The van der Waals surface area contributed by atoms with Gasteiger partial charge in [0, 0.05) is 19.5 Å². The molecule has 3 N–H and O–H groups in total. The Morgan fingerprint density at radius 3 is 2.77 bits per heavy atom. The molecule has 2 aromatic heterocycles. The first-order valence-electron chi connectivity index (χ1n) is 9.34. The fraction of sp³-hybridized carbons (Fsp3) is 0.632. The summed E-state index contributed by atoms with van der Waals surface area (Å²) >= 11 is 1.31. The lowest BCUT2D eigenvalue weighted by molar-refractivity contribution is 0.0887. The van der Waals surface area contributed by atoms with E-state index in [4.69, 9.17) is 10.7 Å². The van der Waals surface area contributed by atoms with E-state index in [2.05, 4.69) is 5.32 Å². The molecule has 1 aliphatic heterocycles. The quantitative estimate of drug-likeness (QED) is 0.858. The second-order valence-electron chi connectivity index (χ2n) is 7.76. The summed E-state index contributed by atoms with van der Waals surface area (Å²) in [5, 5.41) is 3.66. The fourth-order valence-corrected chi connectivity index (χ4v) is 4.46. The SMILES string of the molecule is Cc1c(C(=O)NC(C)(CN)C(C)C)sc2nc3n(c(=O)c12)CCCCC3. The largest absolute Gasteiger partial charge is 0.345 e. The Kier molecular flexibility index (Phi) is 5.21. The van der Waals surface area contributed by atoms with Gasteiger partial charge in [0.25, 0.3) is 11.5 Å². The molecule has 1 atom stereocenters. The van der Waals surface area contributed by atoms with Gasteiger partial charge in [-0.1, -0.05) is 20.3 Å². The monoisotopic (exact) mass is 376 g/mol. The summed E-state index contributed by atoms with van der Waals surface area (Å²) in [6, 6.07) is 0. The summed E-state index contributed by atoms with van der Waals surface area (Å²) in [4.78, 5) is 31.9. The molecule has 142 valence electrons. The molecule has 1 aliphatic rings. The highest BCUT2D eigenvalue weighted by atomic mass is 32.1. The Bertz CT molecular complexity index is 899. The van der Waals surface area contributed by atoms with Crippen molar-refractivity contribution in [2.45, 2.75) is 65.5 Å². The average Bonchev–Trinajstić information content (AvgIpc) is 2.77. The zero-order chi connectivity index (χ0) is 19.1. The van der Waals surface area contributed by atoms with Crippen LogP contribution in [0.15, 0.2) is 4.79 Å². The summed E-state index contributed by atoms with van der Waals surface area (Å²) in [6.07, 6.45) is 4.00. The average molecular weight is 377 g/mol. The minimum atomic E-state index is -0.487. The minimum Gasteiger partial charge on any atom is -0.345 e. The van der Waals surface area contributed by atoms with Crippen molar-refractivity contribution >= 4 is 27.5 Å². The fourth-order valence-electron chi connectivity index (χ4n) is 3.37. The molecule has 0 saturated carbocycles. The van der Waals surface area contributed by atoms with E-state index in [0.29, 0.717) is 28.2 Å². The molecule has 0 fully saturated rings. The molecule has 7 heteroatoms. The number of rotatable bonds is 4. The third-order valence-corrected chi connectivity index (χ3v) is 6.90. The van der Waals surface area contributed by atoms with Crippen LogP contribution < -0.4 is 16.6 Å². The number of thiophene rings is 1. The first kappa shape index (κ1) is 19.0. The Morgan fingerprint density at radius 2 is 2.12 bits per heavy atom. The highest BCUT2D eigenvalue weighted by Crippen LogP contribution is 2.29. The van der Waals surface area contributed by atoms with Crippen LogP contribution in [0.4, 0.5) is 0 Å². The molecular formula is C19H28N4O2S. The van der Waals surface area contributed by atoms with E-state index in [1.807, 2.05) is 27.7 Å². The smallest absolute Gasteiger partial charge is 0.262 e. The maximum Gasteiger partial charge on any atom is 0.262 e. The van der Waals surface area contributed by atoms with Crippen molar-refractivity contribution in [1.29, 1.82) is 0 Å². The number of hydrogen-bond acceptors (Lipinski definition) is 5. The molecule has 0 saturated heterocycles. The van der Waals surface area contributed by atoms with Crippen LogP contribution in [0.5, 0.6) is 0 Å². The van der Waals surface area contributed by atoms with E-state index >= 15 is 0 Å². The molecule has 26 heavy (non-hydrogen) atoms. The molecule has 0 bridgehead atoms. The minimum absolute atomic E-state index is 0.00912. The maximum atomic E-state index is 13.0. The van der Waals surface area contributed by atoms with Gasteiger partial charge in [-0.3, -0.25) is 14.2 Å². The van der Waals surface area contributed by atoms with Crippen molar-refractivity contribution in [2.24, 2.45) is 11.7 Å². The molecule has 3 rings (SSSR count). The van der Waals surface area contributed by atoms with Crippen LogP contribution in [-0.4, -0.2) is 27.5 Å². The number of nitrogens with zero attached hydrogens (tertiary/aromatic N) is 2. The van der Waals surface area contributed by atoms with E-state index in [1.165, 1.54) is 11.3 Å². The number of amides is 1. The lowest BCUT2D eigenvalue weighted by Gasteiger charge is -2.33. The summed E-state index contributed by atoms with van der Waals surface area (Å²) in [5.41, 5.74) is 6.12. The van der Waals surface area contributed by atoms with Gasteiger partial charge in [0.05, 0.1) is 15.8 Å². The summed E-state index contributed by atoms with van der Waals surface area (Å²) in [7, 11) is 0. The van der Waals surface area contributed by atoms with Crippen LogP contribution >= 0.6 is 11.3 Å². The van der Waals surface area contributed by atoms with Crippen LogP contribution in [0.2, 0.25) is 0 Å². The van der Waals surface area contributed by atoms with Crippen molar-refractivity contribution in [2.75, 3.05) is 6.54 Å². The number of nitrogens with one attached hydrogen (secondary N) is 1. The highest BCUT2D eigenvalue weighted by molar-refractivity contribution is 7.20. The number of aryl methyl sites for hydroxylation is 2. The summed E-state index contributed by atoms with van der Waals surface area (Å²) in [5.74, 6) is 0.875. The molecule has 3 heterocycles. The van der Waals surface area contributed by atoms with E-state index in [9.17, 15) is 9.59 Å². The summed E-state index contributed by atoms with van der Waals surface area (Å²) < 4.78 is 1.80. The predicted octanol–water partition coefficient (Wildman–Crippen LogP) is 2.60. The second kappa shape index (κ2) is 7.12. The topological polar surface area (TPSA) is 90.0 Å². The van der Waals surface area contributed by atoms with Crippen LogP contribution in [-0.2, 0) is 13.0 Å². The first-order valence-corrected chi connectivity index (χ1v) is 10.2. The van der Waals surface area contributed by atoms with Gasteiger partial charge in [-0.15, -0.1) is 11.3 Å². The predicted molar refractivity (Wildman–Crippen MR) is 106 cm³/mol. The number of carbonyl (C=O) groups excluding carboxylic acids is 1. The van der Waals surface area contributed by atoms with Gasteiger partial charge in [0.2, 0.25) is 0 Å². The molecule has 1 amide bonds. The van der Waals surface area contributed by atoms with Crippen molar-refractivity contribution in [3.63, 3.8) is 0 Å². The van der Waals surface area contributed by atoms with Crippen molar-refractivity contribution in [1.82, 2.24) is 14.9 Å². The van der Waals surface area contributed by atoms with Gasteiger partial charge in [0.15, 0.2) is 0 Å². The Morgan fingerprint density at radius 1 is 1.38 bits per heavy atom. The third-order valence-electron chi connectivity index (χ3n) is 5.72. The Labute approximate surface area is 157 Å². The normalized spacial score (nSPS) is 17.0. The lowest BCUT2D eigenvalue weighted by Crippen LogP contribution is -2.54. The number of nitrogens with two attached hydrogens (primary N) is 1. The molecule has 6 nitrogen and oxygen atoms in total. The zero-order valence-electron chi connectivity index (χ0n) is 16.0. The van der Waals surface area contributed by atoms with Crippen molar-refractivity contribution in [3.05, 3.63) is 26.6 Å². The number of carbonyl (C=O) groups is 1. The van der Waals surface area contributed by atoms with Crippen LogP contribution in [0.3, 0.4) is 0 Å². The van der Waals surface area contributed by atoms with Crippen LogP contribution in [0.1, 0.15) is 61.1 Å². The van der Waals surface area contributed by atoms with E-state index in [-0.39, 0.29) is 17.4 Å². The standard InChI is InChI=1S/C19H28N4O2S/c1-11(2)19(4,10-20)22-16(24)15-12(3)14-17(26-15)21-13-8-6-5-7-9-23(13)18(14)25/h11H,5-10,20H2,1-4H3,(H,22,24). The van der Waals surface area contributed by atoms with Crippen LogP contribution in [0, 0.1) is 12.8 Å². The Balaban J connectivity index is 2.06. The first-order chi connectivity index (χ1) is 12.3. The third kappa shape index (κ3) is 3.18. The molecular weight excluding hydrogens is 348 g/mol. The van der Waals surface area contributed by atoms with Gasteiger partial charge in [-0.05, 0) is 38.2 Å². The zero-order valence-corrected chi connectivity index (χ0v) is 16.8. The molecule has 0 aliphatic carbocycles. The maximum absolute atomic E-state index is 13.0. The number of hydrogen-bond donors (Lipinski definition) is 2. The van der Waals surface area contributed by atoms with Gasteiger partial charge in [-0.2, -0.15) is 0 Å². The molecule has 1 unspecified atom stereocenters. The molecule has 0 aromatic carbocycles. The number of aromatic nitrogens is 2. The van der Waals surface area contributed by atoms with Crippen molar-refractivity contribution in [3.8, 4) is 0 Å².